The second-order valence-electron chi connectivity index (χ2n) is 3.48. The molecule has 0 saturated heterocycles. The molecule has 0 unspecified atom stereocenters. The lowest BCUT2D eigenvalue weighted by Gasteiger charge is -2.07. The molecule has 0 aliphatic carbocycles. The van der Waals surface area contributed by atoms with Crippen LogP contribution in [-0.2, 0) is 0 Å². The lowest BCUT2D eigenvalue weighted by atomic mass is 10.2. The van der Waals surface area contributed by atoms with Gasteiger partial charge in [-0.2, -0.15) is 0 Å². The predicted molar refractivity (Wildman–Crippen MR) is 76.5 cm³/mol. The van der Waals surface area contributed by atoms with Crippen LogP contribution < -0.4 is 10.6 Å². The lowest BCUT2D eigenvalue weighted by molar-refractivity contribution is 0.102. The molecule has 0 spiro atoms. The zero-order valence-electron chi connectivity index (χ0n) is 9.82. The van der Waals surface area contributed by atoms with Crippen LogP contribution in [0, 0.1) is 0 Å². The summed E-state index contributed by atoms with van der Waals surface area (Å²) in [7, 11) is 1.71. The second kappa shape index (κ2) is 5.94. The van der Waals surface area contributed by atoms with E-state index in [0.29, 0.717) is 21.8 Å². The quantitative estimate of drug-likeness (QED) is 0.896. The standard InChI is InChI=1S/C11H9BrClN5O/c1-14-9-2-6(7(13)3-16-9)11(19)18-10-5-15-8(12)4-17-10/h2-5H,1H3,(H,14,16)(H,17,18,19). The normalized spacial score (nSPS) is 10.1. The number of aromatic nitrogens is 3. The molecule has 0 aliphatic rings. The van der Waals surface area contributed by atoms with Crippen molar-refractivity contribution >= 4 is 45.1 Å². The first kappa shape index (κ1) is 13.7. The van der Waals surface area contributed by atoms with Crippen LogP contribution in [0.1, 0.15) is 10.4 Å². The van der Waals surface area contributed by atoms with Crippen LogP contribution in [0.2, 0.25) is 5.02 Å². The number of hydrogen-bond acceptors (Lipinski definition) is 5. The maximum Gasteiger partial charge on any atom is 0.258 e. The molecule has 0 aromatic carbocycles. The molecule has 98 valence electrons. The van der Waals surface area contributed by atoms with Crippen LogP contribution in [0.5, 0.6) is 0 Å². The lowest BCUT2D eigenvalue weighted by Crippen LogP contribution is -2.14. The van der Waals surface area contributed by atoms with Crippen molar-refractivity contribution in [1.82, 2.24) is 15.0 Å². The molecule has 2 rings (SSSR count). The summed E-state index contributed by atoms with van der Waals surface area (Å²) < 4.78 is 0.588. The van der Waals surface area contributed by atoms with Gasteiger partial charge in [0.05, 0.1) is 23.0 Å². The third-order valence-electron chi connectivity index (χ3n) is 2.22. The van der Waals surface area contributed by atoms with E-state index in [9.17, 15) is 4.79 Å². The number of halogens is 2. The Kier molecular flexibility index (Phi) is 4.28. The molecule has 2 heterocycles. The minimum atomic E-state index is -0.375. The van der Waals surface area contributed by atoms with E-state index in [2.05, 4.69) is 41.5 Å². The van der Waals surface area contributed by atoms with Crippen LogP contribution in [0.25, 0.3) is 0 Å². The summed E-state index contributed by atoms with van der Waals surface area (Å²) in [4.78, 5) is 24.0. The fraction of sp³-hybridized carbons (Fsp3) is 0.0909. The van der Waals surface area contributed by atoms with E-state index >= 15 is 0 Å². The molecule has 1 amide bonds. The number of carbonyl (C=O) groups is 1. The average molecular weight is 343 g/mol. The van der Waals surface area contributed by atoms with Gasteiger partial charge in [-0.3, -0.25) is 4.79 Å². The maximum atomic E-state index is 12.1. The van der Waals surface area contributed by atoms with Gasteiger partial charge in [-0.15, -0.1) is 0 Å². The molecule has 0 radical (unpaired) electrons. The molecule has 0 bridgehead atoms. The summed E-state index contributed by atoms with van der Waals surface area (Å²) in [6.07, 6.45) is 4.34. The Labute approximate surface area is 122 Å². The Hall–Kier alpha value is -1.73. The van der Waals surface area contributed by atoms with Crippen molar-refractivity contribution in [3.8, 4) is 0 Å². The van der Waals surface area contributed by atoms with E-state index in [4.69, 9.17) is 11.6 Å². The zero-order chi connectivity index (χ0) is 13.8. The van der Waals surface area contributed by atoms with Gasteiger partial charge in [0.2, 0.25) is 0 Å². The molecular weight excluding hydrogens is 334 g/mol. The first-order chi connectivity index (χ1) is 9.10. The summed E-state index contributed by atoms with van der Waals surface area (Å²) in [6, 6.07) is 1.56. The summed E-state index contributed by atoms with van der Waals surface area (Å²) in [5.74, 6) is 0.518. The molecule has 6 nitrogen and oxygen atoms in total. The van der Waals surface area contributed by atoms with Crippen LogP contribution in [0.4, 0.5) is 11.6 Å². The van der Waals surface area contributed by atoms with E-state index < -0.39 is 0 Å². The Morgan fingerprint density at radius 3 is 2.58 bits per heavy atom. The van der Waals surface area contributed by atoms with Gasteiger partial charge in [0.25, 0.3) is 5.91 Å². The van der Waals surface area contributed by atoms with E-state index in [-0.39, 0.29) is 10.9 Å². The van der Waals surface area contributed by atoms with Gasteiger partial charge in [0.15, 0.2) is 5.82 Å². The molecule has 0 saturated carbocycles. The monoisotopic (exact) mass is 341 g/mol. The number of nitrogens with one attached hydrogen (secondary N) is 2. The number of hydrogen-bond donors (Lipinski definition) is 2. The van der Waals surface area contributed by atoms with Crippen molar-refractivity contribution in [3.05, 3.63) is 39.8 Å². The molecule has 2 aromatic rings. The maximum absolute atomic E-state index is 12.1. The highest BCUT2D eigenvalue weighted by atomic mass is 79.9. The molecule has 2 N–H and O–H groups in total. The summed E-state index contributed by atoms with van der Waals surface area (Å²) >= 11 is 9.11. The second-order valence-corrected chi connectivity index (χ2v) is 4.70. The van der Waals surface area contributed by atoms with Gasteiger partial charge in [-0.25, -0.2) is 15.0 Å². The fourth-order valence-electron chi connectivity index (χ4n) is 1.31. The molecule has 8 heteroatoms. The molecule has 0 fully saturated rings. The molecular formula is C11H9BrClN5O. The van der Waals surface area contributed by atoms with Gasteiger partial charge in [-0.1, -0.05) is 11.6 Å². The first-order valence-corrected chi connectivity index (χ1v) is 6.39. The van der Waals surface area contributed by atoms with E-state index in [1.165, 1.54) is 18.6 Å². The smallest absolute Gasteiger partial charge is 0.258 e. The predicted octanol–water partition coefficient (Wildman–Crippen LogP) is 2.58. The SMILES string of the molecule is CNc1cc(C(=O)Nc2cnc(Br)cn2)c(Cl)cn1. The Morgan fingerprint density at radius 2 is 1.95 bits per heavy atom. The van der Waals surface area contributed by atoms with Crippen LogP contribution >= 0.6 is 27.5 Å². The van der Waals surface area contributed by atoms with Crippen LogP contribution in [-0.4, -0.2) is 27.9 Å². The number of anilines is 2. The number of carbonyl (C=O) groups excluding carboxylic acids is 1. The number of rotatable bonds is 3. The fourth-order valence-corrected chi connectivity index (χ4v) is 1.70. The number of amides is 1. The van der Waals surface area contributed by atoms with Gasteiger partial charge in [-0.05, 0) is 22.0 Å². The van der Waals surface area contributed by atoms with Crippen molar-refractivity contribution in [3.63, 3.8) is 0 Å². The average Bonchev–Trinajstić information content (AvgIpc) is 2.42. The highest BCUT2D eigenvalue weighted by molar-refractivity contribution is 9.10. The van der Waals surface area contributed by atoms with Crippen molar-refractivity contribution in [2.24, 2.45) is 0 Å². The molecule has 2 aromatic heterocycles. The molecule has 0 atom stereocenters. The zero-order valence-corrected chi connectivity index (χ0v) is 12.2. The first-order valence-electron chi connectivity index (χ1n) is 5.22. The summed E-state index contributed by atoms with van der Waals surface area (Å²) in [5, 5.41) is 5.71. The summed E-state index contributed by atoms with van der Waals surface area (Å²) in [5.41, 5.74) is 0.311. The van der Waals surface area contributed by atoms with Gasteiger partial charge >= 0.3 is 0 Å². The third-order valence-corrected chi connectivity index (χ3v) is 2.93. The Morgan fingerprint density at radius 1 is 1.21 bits per heavy atom. The van der Waals surface area contributed by atoms with Crippen LogP contribution in [0.3, 0.4) is 0 Å². The highest BCUT2D eigenvalue weighted by Gasteiger charge is 2.12. The minimum Gasteiger partial charge on any atom is -0.373 e. The minimum absolute atomic E-state index is 0.265. The van der Waals surface area contributed by atoms with E-state index in [1.807, 2.05) is 0 Å². The Bertz CT molecular complexity index is 605. The number of nitrogens with zero attached hydrogens (tertiary/aromatic N) is 3. The van der Waals surface area contributed by atoms with Gasteiger partial charge < -0.3 is 10.6 Å². The largest absolute Gasteiger partial charge is 0.373 e. The Balaban J connectivity index is 2.22. The summed E-state index contributed by atoms with van der Waals surface area (Å²) in [6.45, 7) is 0. The van der Waals surface area contributed by atoms with Crippen molar-refractivity contribution in [2.75, 3.05) is 17.7 Å². The van der Waals surface area contributed by atoms with Gasteiger partial charge in [0.1, 0.15) is 10.4 Å². The highest BCUT2D eigenvalue weighted by Crippen LogP contribution is 2.19. The van der Waals surface area contributed by atoms with Gasteiger partial charge in [0, 0.05) is 13.2 Å². The van der Waals surface area contributed by atoms with E-state index in [0.717, 1.165) is 0 Å². The van der Waals surface area contributed by atoms with Crippen molar-refractivity contribution in [1.29, 1.82) is 0 Å². The van der Waals surface area contributed by atoms with E-state index in [1.54, 1.807) is 13.1 Å². The molecule has 19 heavy (non-hydrogen) atoms. The van der Waals surface area contributed by atoms with Crippen LogP contribution in [0.15, 0.2) is 29.3 Å². The third kappa shape index (κ3) is 3.39. The molecule has 0 aliphatic heterocycles. The van der Waals surface area contributed by atoms with Crippen molar-refractivity contribution in [2.45, 2.75) is 0 Å². The topological polar surface area (TPSA) is 79.8 Å². The van der Waals surface area contributed by atoms with Crippen molar-refractivity contribution < 1.29 is 4.79 Å². The number of pyridine rings is 1.